The Hall–Kier alpha value is -2.16. The largest absolute Gasteiger partial charge is 0.480 e. The van der Waals surface area contributed by atoms with E-state index in [2.05, 4.69) is 5.32 Å². The molecule has 1 aliphatic heterocycles. The Kier molecular flexibility index (Phi) is 7.17. The summed E-state index contributed by atoms with van der Waals surface area (Å²) in [6.07, 6.45) is 4.34. The quantitative estimate of drug-likeness (QED) is 0.784. The monoisotopic (exact) mass is 369 g/mol. The predicted octanol–water partition coefficient (Wildman–Crippen LogP) is 1.34. The highest BCUT2D eigenvalue weighted by Gasteiger charge is 2.26. The third kappa shape index (κ3) is 5.42. The number of furan rings is 1. The number of thioether (sulfide) groups is 1. The van der Waals surface area contributed by atoms with Gasteiger partial charge in [0.15, 0.2) is 5.76 Å². The van der Waals surface area contributed by atoms with Crippen molar-refractivity contribution in [2.45, 2.75) is 18.9 Å². The molecule has 0 aromatic carbocycles. The molecule has 25 heavy (non-hydrogen) atoms. The molecule has 0 saturated carbocycles. The van der Waals surface area contributed by atoms with E-state index in [9.17, 15) is 19.5 Å². The van der Waals surface area contributed by atoms with Gasteiger partial charge in [0.2, 0.25) is 0 Å². The number of nitrogens with zero attached hydrogens (tertiary/aromatic N) is 2. The van der Waals surface area contributed by atoms with Crippen molar-refractivity contribution >= 4 is 29.7 Å². The van der Waals surface area contributed by atoms with Crippen molar-refractivity contribution in [2.75, 3.05) is 38.2 Å². The van der Waals surface area contributed by atoms with Crippen LogP contribution in [0.25, 0.3) is 0 Å². The molecule has 1 fully saturated rings. The number of carbonyl (C=O) groups is 3. The average molecular weight is 369 g/mol. The van der Waals surface area contributed by atoms with Crippen molar-refractivity contribution in [1.82, 2.24) is 15.1 Å². The van der Waals surface area contributed by atoms with Crippen molar-refractivity contribution in [3.05, 3.63) is 24.2 Å². The molecule has 0 bridgehead atoms. The molecule has 9 heteroatoms. The number of nitrogens with one attached hydrogen (secondary N) is 1. The summed E-state index contributed by atoms with van der Waals surface area (Å²) in [5, 5.41) is 11.8. The maximum atomic E-state index is 12.4. The number of carboxylic acid groups (broad SMARTS) is 1. The van der Waals surface area contributed by atoms with Crippen LogP contribution in [-0.2, 0) is 4.79 Å². The fourth-order valence-electron chi connectivity index (χ4n) is 2.61. The van der Waals surface area contributed by atoms with Crippen LogP contribution in [0.3, 0.4) is 0 Å². The van der Waals surface area contributed by atoms with Gasteiger partial charge in [-0.1, -0.05) is 0 Å². The maximum absolute atomic E-state index is 12.4. The number of aliphatic carboxylic acids is 1. The van der Waals surface area contributed by atoms with Crippen LogP contribution in [0.4, 0.5) is 4.79 Å². The lowest BCUT2D eigenvalue weighted by molar-refractivity contribution is -0.139. The molecular formula is C16H23N3O5S. The van der Waals surface area contributed by atoms with Gasteiger partial charge in [-0.25, -0.2) is 9.59 Å². The Morgan fingerprint density at radius 3 is 2.64 bits per heavy atom. The molecule has 8 nitrogen and oxygen atoms in total. The van der Waals surface area contributed by atoms with Gasteiger partial charge in [0, 0.05) is 26.2 Å². The van der Waals surface area contributed by atoms with E-state index in [0.717, 1.165) is 0 Å². The van der Waals surface area contributed by atoms with Crippen molar-refractivity contribution in [2.24, 2.45) is 0 Å². The predicted molar refractivity (Wildman–Crippen MR) is 93.8 cm³/mol. The molecule has 2 rings (SSSR count). The molecule has 1 unspecified atom stereocenters. The number of hydrogen-bond donors (Lipinski definition) is 2. The van der Waals surface area contributed by atoms with Gasteiger partial charge in [0.1, 0.15) is 6.04 Å². The molecule has 1 atom stereocenters. The lowest BCUT2D eigenvalue weighted by Crippen LogP contribution is -2.49. The van der Waals surface area contributed by atoms with E-state index in [4.69, 9.17) is 4.42 Å². The third-order valence-electron chi connectivity index (χ3n) is 4.01. The van der Waals surface area contributed by atoms with Gasteiger partial charge in [-0.05, 0) is 37.0 Å². The minimum atomic E-state index is -1.04. The van der Waals surface area contributed by atoms with Gasteiger partial charge in [0.25, 0.3) is 5.91 Å². The lowest BCUT2D eigenvalue weighted by atomic mass is 10.2. The Morgan fingerprint density at radius 2 is 2.00 bits per heavy atom. The van der Waals surface area contributed by atoms with Crippen molar-refractivity contribution < 1.29 is 23.9 Å². The number of urea groups is 1. The third-order valence-corrected chi connectivity index (χ3v) is 4.65. The minimum Gasteiger partial charge on any atom is -0.480 e. The van der Waals surface area contributed by atoms with Gasteiger partial charge in [0.05, 0.1) is 6.26 Å². The number of hydrogen-bond acceptors (Lipinski definition) is 5. The summed E-state index contributed by atoms with van der Waals surface area (Å²) < 4.78 is 5.13. The summed E-state index contributed by atoms with van der Waals surface area (Å²) in [7, 11) is 0. The first-order valence-electron chi connectivity index (χ1n) is 8.13. The molecule has 0 radical (unpaired) electrons. The summed E-state index contributed by atoms with van der Waals surface area (Å²) in [5.41, 5.74) is 0. The van der Waals surface area contributed by atoms with E-state index < -0.39 is 18.0 Å². The molecule has 3 amide bonds. The smallest absolute Gasteiger partial charge is 0.326 e. The van der Waals surface area contributed by atoms with E-state index in [1.807, 2.05) is 6.26 Å². The Bertz CT molecular complexity index is 593. The van der Waals surface area contributed by atoms with Crippen LogP contribution < -0.4 is 5.32 Å². The van der Waals surface area contributed by atoms with E-state index in [-0.39, 0.29) is 11.7 Å². The Morgan fingerprint density at radius 1 is 1.28 bits per heavy atom. The SMILES string of the molecule is CSCCC(NC(=O)N1CCCN(C(=O)c2ccco2)CC1)C(=O)O. The number of amides is 3. The minimum absolute atomic E-state index is 0.198. The van der Waals surface area contributed by atoms with E-state index in [1.54, 1.807) is 21.9 Å². The fourth-order valence-corrected chi connectivity index (χ4v) is 3.08. The standard InChI is InChI=1S/C16H23N3O5S/c1-25-11-5-12(15(21)22)17-16(23)19-7-3-6-18(8-9-19)14(20)13-4-2-10-24-13/h2,4,10,12H,3,5-9,11H2,1H3,(H,17,23)(H,21,22). The molecule has 2 N–H and O–H groups in total. The highest BCUT2D eigenvalue weighted by molar-refractivity contribution is 7.98. The maximum Gasteiger partial charge on any atom is 0.326 e. The topological polar surface area (TPSA) is 103 Å². The molecule has 0 spiro atoms. The molecule has 1 aromatic rings. The zero-order chi connectivity index (χ0) is 18.2. The van der Waals surface area contributed by atoms with Crippen LogP contribution >= 0.6 is 11.8 Å². The number of carboxylic acids is 1. The zero-order valence-corrected chi connectivity index (χ0v) is 15.0. The fraction of sp³-hybridized carbons (Fsp3) is 0.562. The van der Waals surface area contributed by atoms with Crippen LogP contribution in [0.2, 0.25) is 0 Å². The highest BCUT2D eigenvalue weighted by Crippen LogP contribution is 2.10. The molecular weight excluding hydrogens is 346 g/mol. The lowest BCUT2D eigenvalue weighted by Gasteiger charge is -2.24. The first-order chi connectivity index (χ1) is 12.0. The second-order valence-electron chi connectivity index (χ2n) is 5.73. The second-order valence-corrected chi connectivity index (χ2v) is 6.72. The molecule has 1 aromatic heterocycles. The average Bonchev–Trinajstić information content (AvgIpc) is 3.01. The van der Waals surface area contributed by atoms with Gasteiger partial charge in [-0.2, -0.15) is 11.8 Å². The van der Waals surface area contributed by atoms with Gasteiger partial charge >= 0.3 is 12.0 Å². The molecule has 1 saturated heterocycles. The van der Waals surface area contributed by atoms with E-state index in [1.165, 1.54) is 18.0 Å². The molecule has 0 aliphatic carbocycles. The summed E-state index contributed by atoms with van der Waals surface area (Å²) in [4.78, 5) is 39.1. The summed E-state index contributed by atoms with van der Waals surface area (Å²) in [6, 6.07) is 1.97. The van der Waals surface area contributed by atoms with Gasteiger partial charge < -0.3 is 24.6 Å². The Labute approximate surface area is 150 Å². The van der Waals surface area contributed by atoms with Crippen LogP contribution in [0.1, 0.15) is 23.4 Å². The van der Waals surface area contributed by atoms with Gasteiger partial charge in [-0.3, -0.25) is 4.79 Å². The van der Waals surface area contributed by atoms with Crippen molar-refractivity contribution in [1.29, 1.82) is 0 Å². The van der Waals surface area contributed by atoms with Crippen molar-refractivity contribution in [3.8, 4) is 0 Å². The molecule has 2 heterocycles. The Balaban J connectivity index is 1.89. The first kappa shape index (κ1) is 19.2. The number of rotatable bonds is 6. The highest BCUT2D eigenvalue weighted by atomic mass is 32.2. The second kappa shape index (κ2) is 9.36. The zero-order valence-electron chi connectivity index (χ0n) is 14.1. The van der Waals surface area contributed by atoms with Crippen LogP contribution in [-0.4, -0.2) is 77.0 Å². The van der Waals surface area contributed by atoms with E-state index in [0.29, 0.717) is 44.8 Å². The number of carbonyl (C=O) groups excluding carboxylic acids is 2. The summed E-state index contributed by atoms with van der Waals surface area (Å²) >= 11 is 1.53. The van der Waals surface area contributed by atoms with Crippen LogP contribution in [0.15, 0.2) is 22.8 Å². The first-order valence-corrected chi connectivity index (χ1v) is 9.52. The van der Waals surface area contributed by atoms with Crippen LogP contribution in [0.5, 0.6) is 0 Å². The van der Waals surface area contributed by atoms with Gasteiger partial charge in [-0.15, -0.1) is 0 Å². The molecule has 138 valence electrons. The van der Waals surface area contributed by atoms with Crippen LogP contribution in [0, 0.1) is 0 Å². The summed E-state index contributed by atoms with van der Waals surface area (Å²) in [5.74, 6) is -0.300. The summed E-state index contributed by atoms with van der Waals surface area (Å²) in [6.45, 7) is 1.74. The van der Waals surface area contributed by atoms with Crippen molar-refractivity contribution in [3.63, 3.8) is 0 Å². The van der Waals surface area contributed by atoms with E-state index >= 15 is 0 Å². The molecule has 1 aliphatic rings. The normalized spacial score (nSPS) is 16.2.